The van der Waals surface area contributed by atoms with Crippen LogP contribution in [0.15, 0.2) is 23.6 Å². The number of hydrogen-bond donors (Lipinski definition) is 2. The summed E-state index contributed by atoms with van der Waals surface area (Å²) in [6, 6.07) is 5.53. The van der Waals surface area contributed by atoms with E-state index >= 15 is 0 Å². The Hall–Kier alpha value is -2.34. The predicted molar refractivity (Wildman–Crippen MR) is 79.7 cm³/mol. The first kappa shape index (κ1) is 12.7. The molecule has 3 N–H and O–H groups in total. The molecule has 6 heteroatoms. The second-order valence-corrected chi connectivity index (χ2v) is 5.19. The number of benzene rings is 1. The quantitative estimate of drug-likeness (QED) is 0.886. The molecule has 1 aliphatic heterocycles. The first-order valence-corrected chi connectivity index (χ1v) is 7.04. The van der Waals surface area contributed by atoms with E-state index in [2.05, 4.69) is 10.3 Å². The van der Waals surface area contributed by atoms with E-state index in [-0.39, 0.29) is 5.91 Å². The zero-order chi connectivity index (χ0) is 13.9. The number of nitrogens with two attached hydrogens (primary N) is 1. The fourth-order valence-electron chi connectivity index (χ4n) is 1.93. The summed E-state index contributed by atoms with van der Waals surface area (Å²) in [6.45, 7) is 1.02. The van der Waals surface area contributed by atoms with Gasteiger partial charge in [0.1, 0.15) is 12.4 Å². The molecule has 1 aliphatic rings. The molecule has 0 unspecified atom stereocenters. The van der Waals surface area contributed by atoms with Crippen LogP contribution in [-0.2, 0) is 0 Å². The average molecular weight is 287 g/mol. The molecule has 0 saturated heterocycles. The van der Waals surface area contributed by atoms with Gasteiger partial charge in [0.2, 0.25) is 0 Å². The Morgan fingerprint density at radius 3 is 3.10 bits per heavy atom. The van der Waals surface area contributed by atoms with E-state index in [1.54, 1.807) is 0 Å². The predicted octanol–water partition coefficient (Wildman–Crippen LogP) is 2.02. The molecule has 2 aromatic rings. The number of carbonyl (C=O) groups is 1. The van der Waals surface area contributed by atoms with E-state index in [4.69, 9.17) is 10.5 Å². The fourth-order valence-corrected chi connectivity index (χ4v) is 2.47. The van der Waals surface area contributed by atoms with Gasteiger partial charge in [0.15, 0.2) is 5.13 Å². The Morgan fingerprint density at radius 1 is 1.40 bits per heavy atom. The van der Waals surface area contributed by atoms with Gasteiger partial charge >= 0.3 is 0 Å². The van der Waals surface area contributed by atoms with E-state index in [1.807, 2.05) is 35.7 Å². The highest BCUT2D eigenvalue weighted by Gasteiger charge is 2.15. The standard InChI is InChI=1S/C14H13N3O2S/c15-14-17-10(8-20-14)3-1-9-2-4-12-11(7-9)13(18)16-5-6-19-12/h1-4,7-8H,5-6H2,(H2,15,17)(H,16,18)/b3-1+. The zero-order valence-corrected chi connectivity index (χ0v) is 11.4. The minimum absolute atomic E-state index is 0.106. The Labute approximate surface area is 120 Å². The van der Waals surface area contributed by atoms with Crippen LogP contribution in [-0.4, -0.2) is 24.0 Å². The summed E-state index contributed by atoms with van der Waals surface area (Å²) in [4.78, 5) is 16.0. The van der Waals surface area contributed by atoms with Gasteiger partial charge in [-0.2, -0.15) is 0 Å². The molecule has 20 heavy (non-hydrogen) atoms. The van der Waals surface area contributed by atoms with Crippen LogP contribution < -0.4 is 15.8 Å². The van der Waals surface area contributed by atoms with Gasteiger partial charge in [-0.25, -0.2) is 4.98 Å². The summed E-state index contributed by atoms with van der Waals surface area (Å²) < 4.78 is 5.51. The number of nitrogen functional groups attached to an aromatic ring is 1. The highest BCUT2D eigenvalue weighted by atomic mass is 32.1. The Balaban J connectivity index is 1.88. The van der Waals surface area contributed by atoms with E-state index in [1.165, 1.54) is 11.3 Å². The van der Waals surface area contributed by atoms with Crippen molar-refractivity contribution in [2.75, 3.05) is 18.9 Å². The topological polar surface area (TPSA) is 77.2 Å². The molecule has 1 aromatic heterocycles. The van der Waals surface area contributed by atoms with Gasteiger partial charge < -0.3 is 15.8 Å². The van der Waals surface area contributed by atoms with Crippen molar-refractivity contribution in [3.63, 3.8) is 0 Å². The number of aromatic nitrogens is 1. The lowest BCUT2D eigenvalue weighted by Crippen LogP contribution is -2.24. The summed E-state index contributed by atoms with van der Waals surface area (Å²) in [6.07, 6.45) is 3.76. The van der Waals surface area contributed by atoms with Gasteiger partial charge in [-0.05, 0) is 23.8 Å². The lowest BCUT2D eigenvalue weighted by atomic mass is 10.1. The number of rotatable bonds is 2. The van der Waals surface area contributed by atoms with Crippen LogP contribution in [0.25, 0.3) is 12.2 Å². The number of nitrogens with zero attached hydrogens (tertiary/aromatic N) is 1. The molecule has 0 atom stereocenters. The van der Waals surface area contributed by atoms with Crippen molar-refractivity contribution in [3.05, 3.63) is 40.4 Å². The van der Waals surface area contributed by atoms with Gasteiger partial charge in [-0.15, -0.1) is 11.3 Å². The summed E-state index contributed by atoms with van der Waals surface area (Å²) in [7, 11) is 0. The molecule has 5 nitrogen and oxygen atoms in total. The van der Waals surface area contributed by atoms with Gasteiger partial charge in [0.05, 0.1) is 17.8 Å². The number of amides is 1. The van der Waals surface area contributed by atoms with E-state index in [0.29, 0.717) is 29.6 Å². The molecule has 2 heterocycles. The first-order chi connectivity index (χ1) is 9.72. The number of anilines is 1. The van der Waals surface area contributed by atoms with E-state index in [9.17, 15) is 4.79 Å². The third-order valence-electron chi connectivity index (χ3n) is 2.88. The first-order valence-electron chi connectivity index (χ1n) is 6.16. The summed E-state index contributed by atoms with van der Waals surface area (Å²) >= 11 is 1.40. The van der Waals surface area contributed by atoms with Crippen LogP contribution in [0.4, 0.5) is 5.13 Å². The SMILES string of the molecule is Nc1nc(/C=C/c2ccc3c(c2)C(=O)NCCO3)cs1. The number of thiazole rings is 1. The van der Waals surface area contributed by atoms with Crippen molar-refractivity contribution < 1.29 is 9.53 Å². The van der Waals surface area contributed by atoms with Crippen LogP contribution in [0, 0.1) is 0 Å². The second kappa shape index (κ2) is 5.34. The van der Waals surface area contributed by atoms with Crippen LogP contribution >= 0.6 is 11.3 Å². The molecule has 1 aromatic carbocycles. The number of carbonyl (C=O) groups excluding carboxylic acids is 1. The molecule has 1 amide bonds. The van der Waals surface area contributed by atoms with Crippen molar-refractivity contribution in [1.82, 2.24) is 10.3 Å². The largest absolute Gasteiger partial charge is 0.491 e. The summed E-state index contributed by atoms with van der Waals surface area (Å²) in [5, 5.41) is 5.21. The molecule has 0 saturated carbocycles. The van der Waals surface area contributed by atoms with Gasteiger partial charge in [-0.1, -0.05) is 12.1 Å². The minimum Gasteiger partial charge on any atom is -0.491 e. The molecule has 0 aliphatic carbocycles. The minimum atomic E-state index is -0.106. The Morgan fingerprint density at radius 2 is 2.30 bits per heavy atom. The number of hydrogen-bond acceptors (Lipinski definition) is 5. The Bertz CT molecular complexity index is 679. The molecule has 0 fully saturated rings. The monoisotopic (exact) mass is 287 g/mol. The molecule has 102 valence electrons. The van der Waals surface area contributed by atoms with Crippen molar-refractivity contribution >= 4 is 34.5 Å². The molecule has 0 spiro atoms. The maximum absolute atomic E-state index is 11.9. The Kier molecular flexibility index (Phi) is 3.39. The lowest BCUT2D eigenvalue weighted by Gasteiger charge is -2.05. The third-order valence-corrected chi connectivity index (χ3v) is 3.57. The third kappa shape index (κ3) is 2.65. The summed E-state index contributed by atoms with van der Waals surface area (Å²) in [5.41, 5.74) is 7.86. The highest BCUT2D eigenvalue weighted by Crippen LogP contribution is 2.23. The van der Waals surface area contributed by atoms with Crippen LogP contribution in [0.1, 0.15) is 21.6 Å². The van der Waals surface area contributed by atoms with E-state index in [0.717, 1.165) is 11.3 Å². The zero-order valence-electron chi connectivity index (χ0n) is 10.6. The normalized spacial score (nSPS) is 14.5. The van der Waals surface area contributed by atoms with Crippen molar-refractivity contribution in [3.8, 4) is 5.75 Å². The maximum atomic E-state index is 11.9. The van der Waals surface area contributed by atoms with E-state index < -0.39 is 0 Å². The average Bonchev–Trinajstić information content (AvgIpc) is 2.78. The highest BCUT2D eigenvalue weighted by molar-refractivity contribution is 7.13. The smallest absolute Gasteiger partial charge is 0.255 e. The molecule has 0 bridgehead atoms. The van der Waals surface area contributed by atoms with Crippen molar-refractivity contribution in [2.24, 2.45) is 0 Å². The van der Waals surface area contributed by atoms with Crippen molar-refractivity contribution in [2.45, 2.75) is 0 Å². The lowest BCUT2D eigenvalue weighted by molar-refractivity contribution is 0.0957. The fraction of sp³-hybridized carbons (Fsp3) is 0.143. The van der Waals surface area contributed by atoms with Gasteiger partial charge in [-0.3, -0.25) is 4.79 Å². The second-order valence-electron chi connectivity index (χ2n) is 4.30. The summed E-state index contributed by atoms with van der Waals surface area (Å²) in [5.74, 6) is 0.515. The molecular weight excluding hydrogens is 274 g/mol. The van der Waals surface area contributed by atoms with Crippen LogP contribution in [0.2, 0.25) is 0 Å². The molecule has 3 rings (SSSR count). The molecule has 0 radical (unpaired) electrons. The number of ether oxygens (including phenoxy) is 1. The van der Waals surface area contributed by atoms with Crippen LogP contribution in [0.5, 0.6) is 5.75 Å². The van der Waals surface area contributed by atoms with Crippen LogP contribution in [0.3, 0.4) is 0 Å². The van der Waals surface area contributed by atoms with Gasteiger partial charge in [0.25, 0.3) is 5.91 Å². The van der Waals surface area contributed by atoms with Gasteiger partial charge in [0, 0.05) is 5.38 Å². The maximum Gasteiger partial charge on any atom is 0.255 e. The van der Waals surface area contributed by atoms with Crippen molar-refractivity contribution in [1.29, 1.82) is 0 Å². The number of nitrogens with one attached hydrogen (secondary N) is 1. The number of fused-ring (bicyclic) bond motifs is 1. The molecular formula is C14H13N3O2S.